The zero-order valence-corrected chi connectivity index (χ0v) is 8.06. The first-order valence-electron chi connectivity index (χ1n) is 4.10. The molecule has 0 aromatic heterocycles. The van der Waals surface area contributed by atoms with E-state index in [1.165, 1.54) is 25.7 Å². The Morgan fingerprint density at radius 1 is 1.60 bits per heavy atom. The van der Waals surface area contributed by atoms with E-state index in [-0.39, 0.29) is 0 Å². The summed E-state index contributed by atoms with van der Waals surface area (Å²) in [5.74, 6) is 0. The van der Waals surface area contributed by atoms with Gasteiger partial charge < -0.3 is 4.74 Å². The van der Waals surface area contributed by atoms with E-state index in [9.17, 15) is 0 Å². The first-order valence-corrected chi connectivity index (χ1v) is 5.02. The van der Waals surface area contributed by atoms with E-state index < -0.39 is 0 Å². The molecular formula is C8H15BrO. The summed E-state index contributed by atoms with van der Waals surface area (Å²) < 4.78 is 5.58. The molecule has 2 atom stereocenters. The van der Waals surface area contributed by atoms with Gasteiger partial charge >= 0.3 is 0 Å². The lowest BCUT2D eigenvalue weighted by molar-refractivity contribution is 0.0175. The fourth-order valence-electron chi connectivity index (χ4n) is 1.35. The lowest BCUT2D eigenvalue weighted by Crippen LogP contribution is -2.29. The fraction of sp³-hybridized carbons (Fsp3) is 1.00. The molecule has 0 radical (unpaired) electrons. The van der Waals surface area contributed by atoms with Gasteiger partial charge in [0, 0.05) is 11.4 Å². The molecule has 2 heteroatoms. The van der Waals surface area contributed by atoms with Crippen molar-refractivity contribution < 1.29 is 4.74 Å². The number of ether oxygens (including phenoxy) is 1. The second kappa shape index (κ2) is 4.35. The van der Waals surface area contributed by atoms with Crippen LogP contribution in [0.25, 0.3) is 0 Å². The van der Waals surface area contributed by atoms with E-state index in [4.69, 9.17) is 4.74 Å². The van der Waals surface area contributed by atoms with Crippen molar-refractivity contribution in [3.8, 4) is 0 Å². The lowest BCUT2D eigenvalue weighted by Gasteiger charge is -2.27. The number of rotatable bonds is 2. The minimum absolute atomic E-state index is 0.485. The zero-order valence-electron chi connectivity index (χ0n) is 6.48. The van der Waals surface area contributed by atoms with E-state index in [0.717, 1.165) is 6.61 Å². The van der Waals surface area contributed by atoms with Gasteiger partial charge in [-0.15, -0.1) is 0 Å². The van der Waals surface area contributed by atoms with Crippen molar-refractivity contribution in [1.82, 2.24) is 0 Å². The van der Waals surface area contributed by atoms with Crippen LogP contribution in [-0.2, 0) is 4.74 Å². The van der Waals surface area contributed by atoms with Crippen molar-refractivity contribution in [2.75, 3.05) is 6.61 Å². The highest BCUT2D eigenvalue weighted by Crippen LogP contribution is 2.23. The average molecular weight is 207 g/mol. The zero-order chi connectivity index (χ0) is 7.40. The number of hydrogen-bond donors (Lipinski definition) is 0. The Morgan fingerprint density at radius 3 is 3.00 bits per heavy atom. The standard InChI is InChI=1S/C8H15BrO/c1-2-4-8-7(9)5-3-6-10-8/h7-8H,2-6H2,1H3. The molecule has 0 aromatic rings. The Balaban J connectivity index is 2.25. The van der Waals surface area contributed by atoms with Crippen LogP contribution in [0.1, 0.15) is 32.6 Å². The van der Waals surface area contributed by atoms with E-state index in [1.54, 1.807) is 0 Å². The highest BCUT2D eigenvalue weighted by molar-refractivity contribution is 9.09. The van der Waals surface area contributed by atoms with Crippen molar-refractivity contribution in [2.45, 2.75) is 43.5 Å². The van der Waals surface area contributed by atoms with Gasteiger partial charge in [-0.3, -0.25) is 0 Å². The third kappa shape index (κ3) is 2.24. The van der Waals surface area contributed by atoms with Crippen molar-refractivity contribution in [1.29, 1.82) is 0 Å². The van der Waals surface area contributed by atoms with Crippen LogP contribution in [0.5, 0.6) is 0 Å². The quantitative estimate of drug-likeness (QED) is 0.632. The molecule has 1 aliphatic heterocycles. The first kappa shape index (κ1) is 8.54. The number of alkyl halides is 1. The van der Waals surface area contributed by atoms with Gasteiger partial charge in [0.15, 0.2) is 0 Å². The summed E-state index contributed by atoms with van der Waals surface area (Å²) in [4.78, 5) is 0.612. The molecule has 10 heavy (non-hydrogen) atoms. The number of halogens is 1. The maximum atomic E-state index is 5.58. The molecule has 1 aliphatic rings. The summed E-state index contributed by atoms with van der Waals surface area (Å²) in [6.07, 6.45) is 5.42. The Labute approximate surface area is 71.3 Å². The smallest absolute Gasteiger partial charge is 0.0699 e. The molecule has 0 saturated carbocycles. The van der Waals surface area contributed by atoms with Crippen LogP contribution in [0.2, 0.25) is 0 Å². The highest BCUT2D eigenvalue weighted by atomic mass is 79.9. The van der Waals surface area contributed by atoms with Crippen molar-refractivity contribution in [2.24, 2.45) is 0 Å². The summed E-state index contributed by atoms with van der Waals surface area (Å²) in [6, 6.07) is 0. The Kier molecular flexibility index (Phi) is 3.71. The summed E-state index contributed by atoms with van der Waals surface area (Å²) >= 11 is 3.63. The van der Waals surface area contributed by atoms with Gasteiger partial charge in [0.1, 0.15) is 0 Å². The van der Waals surface area contributed by atoms with Crippen LogP contribution in [0.15, 0.2) is 0 Å². The Hall–Kier alpha value is 0.440. The van der Waals surface area contributed by atoms with Gasteiger partial charge in [0.05, 0.1) is 6.10 Å². The molecule has 2 unspecified atom stereocenters. The summed E-state index contributed by atoms with van der Waals surface area (Å²) in [7, 11) is 0. The van der Waals surface area contributed by atoms with Gasteiger partial charge in [-0.05, 0) is 19.3 Å². The van der Waals surface area contributed by atoms with Crippen LogP contribution in [0.3, 0.4) is 0 Å². The third-order valence-electron chi connectivity index (χ3n) is 1.93. The molecule has 0 N–H and O–H groups in total. The molecule has 0 amide bonds. The fourth-order valence-corrected chi connectivity index (χ4v) is 2.09. The van der Waals surface area contributed by atoms with E-state index >= 15 is 0 Å². The van der Waals surface area contributed by atoms with E-state index in [1.807, 2.05) is 0 Å². The van der Waals surface area contributed by atoms with Crippen LogP contribution >= 0.6 is 15.9 Å². The van der Waals surface area contributed by atoms with E-state index in [0.29, 0.717) is 10.9 Å². The SMILES string of the molecule is CCCC1OCCCC1Br. The van der Waals surface area contributed by atoms with Crippen molar-refractivity contribution >= 4 is 15.9 Å². The van der Waals surface area contributed by atoms with Crippen LogP contribution in [-0.4, -0.2) is 17.5 Å². The Bertz CT molecular complexity index is 93.3. The summed E-state index contributed by atoms with van der Waals surface area (Å²) in [5.41, 5.74) is 0. The molecule has 1 saturated heterocycles. The molecule has 0 bridgehead atoms. The second-order valence-electron chi connectivity index (χ2n) is 2.86. The molecule has 60 valence electrons. The third-order valence-corrected chi connectivity index (χ3v) is 2.98. The molecule has 0 spiro atoms. The summed E-state index contributed by atoms with van der Waals surface area (Å²) in [5, 5.41) is 0. The van der Waals surface area contributed by atoms with Gasteiger partial charge in [-0.25, -0.2) is 0 Å². The highest BCUT2D eigenvalue weighted by Gasteiger charge is 2.21. The normalized spacial score (nSPS) is 34.2. The predicted octanol–water partition coefficient (Wildman–Crippen LogP) is 2.73. The van der Waals surface area contributed by atoms with Gasteiger partial charge in [0.25, 0.3) is 0 Å². The van der Waals surface area contributed by atoms with Crippen molar-refractivity contribution in [3.05, 3.63) is 0 Å². The minimum atomic E-state index is 0.485. The topological polar surface area (TPSA) is 9.23 Å². The average Bonchev–Trinajstić information content (AvgIpc) is 1.94. The predicted molar refractivity (Wildman–Crippen MR) is 46.6 cm³/mol. The van der Waals surface area contributed by atoms with Gasteiger partial charge in [-0.1, -0.05) is 29.3 Å². The van der Waals surface area contributed by atoms with E-state index in [2.05, 4.69) is 22.9 Å². The van der Waals surface area contributed by atoms with Gasteiger partial charge in [-0.2, -0.15) is 0 Å². The molecule has 1 heterocycles. The molecule has 0 aromatic carbocycles. The van der Waals surface area contributed by atoms with Crippen LogP contribution in [0, 0.1) is 0 Å². The maximum absolute atomic E-state index is 5.58. The summed E-state index contributed by atoms with van der Waals surface area (Å²) in [6.45, 7) is 3.17. The van der Waals surface area contributed by atoms with Gasteiger partial charge in [0.2, 0.25) is 0 Å². The van der Waals surface area contributed by atoms with Crippen molar-refractivity contribution in [3.63, 3.8) is 0 Å². The lowest BCUT2D eigenvalue weighted by atomic mass is 10.1. The Morgan fingerprint density at radius 2 is 2.40 bits per heavy atom. The first-order chi connectivity index (χ1) is 4.84. The molecule has 0 aliphatic carbocycles. The molecule has 1 nitrogen and oxygen atoms in total. The van der Waals surface area contributed by atoms with Crippen LogP contribution in [0.4, 0.5) is 0 Å². The monoisotopic (exact) mass is 206 g/mol. The number of hydrogen-bond acceptors (Lipinski definition) is 1. The molecule has 1 fully saturated rings. The largest absolute Gasteiger partial charge is 0.377 e. The maximum Gasteiger partial charge on any atom is 0.0699 e. The second-order valence-corrected chi connectivity index (χ2v) is 4.03. The van der Waals surface area contributed by atoms with Crippen LogP contribution < -0.4 is 0 Å². The molecule has 1 rings (SSSR count). The minimum Gasteiger partial charge on any atom is -0.377 e. The molecular weight excluding hydrogens is 192 g/mol.